The maximum absolute atomic E-state index is 4.87. The van der Waals surface area contributed by atoms with E-state index in [0.29, 0.717) is 0 Å². The fraction of sp³-hybridized carbons (Fsp3) is 0.778. The third-order valence-electron chi connectivity index (χ3n) is 5.92. The Morgan fingerprint density at radius 3 is 2.77 bits per heavy atom. The summed E-state index contributed by atoms with van der Waals surface area (Å²) < 4.78 is 0. The summed E-state index contributed by atoms with van der Waals surface area (Å²) in [6.45, 7) is 5.69. The largest absolute Gasteiger partial charge is 0.356 e. The van der Waals surface area contributed by atoms with Crippen molar-refractivity contribution in [2.75, 3.05) is 31.6 Å². The number of rotatable bonds is 1. The molecular formula is C18H28N4. The standard InChI is InChI=1S/C18H28N4/c1-13-19-16-8-4-3-7-15(16)18(20-13)22-11-9-17-14(12-22)6-5-10-21(17)2/h14,17H,3-12H2,1-2H3. The Kier molecular flexibility index (Phi) is 3.81. The molecule has 2 fully saturated rings. The van der Waals surface area contributed by atoms with E-state index in [9.17, 15) is 0 Å². The first-order valence-corrected chi connectivity index (χ1v) is 9.04. The minimum atomic E-state index is 0.795. The number of anilines is 1. The third kappa shape index (κ3) is 2.51. The molecule has 0 aromatic carbocycles. The van der Waals surface area contributed by atoms with E-state index in [1.165, 1.54) is 68.7 Å². The van der Waals surface area contributed by atoms with Gasteiger partial charge in [-0.1, -0.05) is 0 Å². The Hall–Kier alpha value is -1.16. The monoisotopic (exact) mass is 300 g/mol. The summed E-state index contributed by atoms with van der Waals surface area (Å²) >= 11 is 0. The normalized spacial score (nSPS) is 29.1. The van der Waals surface area contributed by atoms with E-state index in [0.717, 1.165) is 30.7 Å². The highest BCUT2D eigenvalue weighted by molar-refractivity contribution is 5.51. The fourth-order valence-electron chi connectivity index (χ4n) is 4.80. The summed E-state index contributed by atoms with van der Waals surface area (Å²) in [4.78, 5) is 14.8. The minimum Gasteiger partial charge on any atom is -0.356 e. The van der Waals surface area contributed by atoms with Gasteiger partial charge >= 0.3 is 0 Å². The number of aromatic nitrogens is 2. The SMILES string of the molecule is Cc1nc2c(c(N3CCC4C(CCCN4C)C3)n1)CCCC2. The summed E-state index contributed by atoms with van der Waals surface area (Å²) in [5.74, 6) is 3.05. The highest BCUT2D eigenvalue weighted by Gasteiger charge is 2.35. The summed E-state index contributed by atoms with van der Waals surface area (Å²) in [6, 6.07) is 0.795. The number of hydrogen-bond donors (Lipinski definition) is 0. The molecule has 4 heteroatoms. The first-order valence-electron chi connectivity index (χ1n) is 9.04. The predicted molar refractivity (Wildman–Crippen MR) is 89.4 cm³/mol. The minimum absolute atomic E-state index is 0.795. The van der Waals surface area contributed by atoms with Gasteiger partial charge in [0.15, 0.2) is 0 Å². The fourth-order valence-corrected chi connectivity index (χ4v) is 4.80. The molecule has 2 atom stereocenters. The molecule has 22 heavy (non-hydrogen) atoms. The van der Waals surface area contributed by atoms with Gasteiger partial charge in [-0.15, -0.1) is 0 Å². The summed E-state index contributed by atoms with van der Waals surface area (Å²) in [5.41, 5.74) is 2.79. The van der Waals surface area contributed by atoms with Gasteiger partial charge in [0.05, 0.1) is 0 Å². The molecule has 1 aromatic rings. The van der Waals surface area contributed by atoms with Crippen LogP contribution in [0.15, 0.2) is 0 Å². The maximum Gasteiger partial charge on any atom is 0.135 e. The Bertz CT molecular complexity index is 556. The lowest BCUT2D eigenvalue weighted by Gasteiger charge is -2.46. The Labute approximate surface area is 133 Å². The lowest BCUT2D eigenvalue weighted by molar-refractivity contribution is 0.102. The van der Waals surface area contributed by atoms with Gasteiger partial charge in [0, 0.05) is 30.4 Å². The molecule has 3 heterocycles. The van der Waals surface area contributed by atoms with E-state index in [1.54, 1.807) is 0 Å². The van der Waals surface area contributed by atoms with Crippen molar-refractivity contribution in [3.63, 3.8) is 0 Å². The number of hydrogen-bond acceptors (Lipinski definition) is 4. The number of likely N-dealkylation sites (tertiary alicyclic amines) is 1. The van der Waals surface area contributed by atoms with E-state index in [-0.39, 0.29) is 0 Å². The van der Waals surface area contributed by atoms with Gasteiger partial charge in [-0.2, -0.15) is 0 Å². The van der Waals surface area contributed by atoms with E-state index in [1.807, 2.05) is 0 Å². The van der Waals surface area contributed by atoms with Crippen LogP contribution in [0.3, 0.4) is 0 Å². The predicted octanol–water partition coefficient (Wildman–Crippen LogP) is 2.58. The molecular weight excluding hydrogens is 272 g/mol. The quantitative estimate of drug-likeness (QED) is 0.798. The number of nitrogens with zero attached hydrogens (tertiary/aromatic N) is 4. The van der Waals surface area contributed by atoms with Gasteiger partial charge in [-0.3, -0.25) is 0 Å². The second kappa shape index (κ2) is 5.80. The van der Waals surface area contributed by atoms with E-state index in [4.69, 9.17) is 9.97 Å². The zero-order valence-corrected chi connectivity index (χ0v) is 14.0. The highest BCUT2D eigenvalue weighted by Crippen LogP contribution is 2.34. The van der Waals surface area contributed by atoms with Gasteiger partial charge in [0.2, 0.25) is 0 Å². The van der Waals surface area contributed by atoms with Crippen LogP contribution in [0, 0.1) is 12.8 Å². The number of aryl methyl sites for hydroxylation is 2. The molecule has 1 aromatic heterocycles. The zero-order valence-electron chi connectivity index (χ0n) is 14.0. The lowest BCUT2D eigenvalue weighted by atomic mass is 9.84. The molecule has 2 unspecified atom stereocenters. The van der Waals surface area contributed by atoms with Crippen molar-refractivity contribution in [3.05, 3.63) is 17.1 Å². The van der Waals surface area contributed by atoms with Crippen LogP contribution in [-0.2, 0) is 12.8 Å². The van der Waals surface area contributed by atoms with Crippen LogP contribution in [0.4, 0.5) is 5.82 Å². The van der Waals surface area contributed by atoms with Crippen molar-refractivity contribution >= 4 is 5.82 Å². The zero-order chi connectivity index (χ0) is 15.1. The first-order chi connectivity index (χ1) is 10.7. The van der Waals surface area contributed by atoms with Crippen LogP contribution in [0.1, 0.15) is 49.2 Å². The van der Waals surface area contributed by atoms with Crippen molar-refractivity contribution in [2.24, 2.45) is 5.92 Å². The Morgan fingerprint density at radius 1 is 1.00 bits per heavy atom. The van der Waals surface area contributed by atoms with E-state index in [2.05, 4.69) is 23.8 Å². The van der Waals surface area contributed by atoms with Crippen molar-refractivity contribution in [2.45, 2.75) is 57.9 Å². The molecule has 3 aliphatic rings. The summed E-state index contributed by atoms with van der Waals surface area (Å²) in [5, 5.41) is 0. The maximum atomic E-state index is 4.87. The smallest absolute Gasteiger partial charge is 0.135 e. The molecule has 4 rings (SSSR count). The van der Waals surface area contributed by atoms with Crippen molar-refractivity contribution in [1.29, 1.82) is 0 Å². The molecule has 0 amide bonds. The van der Waals surface area contributed by atoms with Crippen LogP contribution >= 0.6 is 0 Å². The second-order valence-corrected chi connectivity index (χ2v) is 7.41. The average molecular weight is 300 g/mol. The number of fused-ring (bicyclic) bond motifs is 2. The first kappa shape index (κ1) is 14.4. The average Bonchev–Trinajstić information content (AvgIpc) is 2.54. The summed E-state index contributed by atoms with van der Waals surface area (Å²) in [6.07, 6.45) is 8.94. The third-order valence-corrected chi connectivity index (χ3v) is 5.92. The lowest BCUT2D eigenvalue weighted by Crippen LogP contribution is -2.53. The second-order valence-electron chi connectivity index (χ2n) is 7.41. The van der Waals surface area contributed by atoms with Crippen molar-refractivity contribution in [3.8, 4) is 0 Å². The van der Waals surface area contributed by atoms with Crippen molar-refractivity contribution < 1.29 is 0 Å². The Morgan fingerprint density at radius 2 is 1.86 bits per heavy atom. The molecule has 0 saturated carbocycles. The van der Waals surface area contributed by atoms with Crippen LogP contribution in [-0.4, -0.2) is 47.6 Å². The van der Waals surface area contributed by atoms with Crippen LogP contribution in [0.2, 0.25) is 0 Å². The van der Waals surface area contributed by atoms with Gasteiger partial charge < -0.3 is 9.80 Å². The van der Waals surface area contributed by atoms with Gasteiger partial charge in [0.25, 0.3) is 0 Å². The number of piperidine rings is 2. The summed E-state index contributed by atoms with van der Waals surface area (Å²) in [7, 11) is 2.31. The van der Waals surface area contributed by atoms with Gasteiger partial charge in [-0.25, -0.2) is 9.97 Å². The topological polar surface area (TPSA) is 32.3 Å². The van der Waals surface area contributed by atoms with Crippen molar-refractivity contribution in [1.82, 2.24) is 14.9 Å². The molecule has 4 nitrogen and oxygen atoms in total. The molecule has 2 saturated heterocycles. The molecule has 0 radical (unpaired) electrons. The molecule has 0 spiro atoms. The molecule has 120 valence electrons. The van der Waals surface area contributed by atoms with Crippen LogP contribution in [0.5, 0.6) is 0 Å². The van der Waals surface area contributed by atoms with Gasteiger partial charge in [0.1, 0.15) is 11.6 Å². The molecule has 0 bridgehead atoms. The van der Waals surface area contributed by atoms with Gasteiger partial charge in [-0.05, 0) is 71.4 Å². The van der Waals surface area contributed by atoms with E-state index < -0.39 is 0 Å². The molecule has 0 N–H and O–H groups in total. The Balaban J connectivity index is 1.61. The molecule has 2 aliphatic heterocycles. The van der Waals surface area contributed by atoms with E-state index >= 15 is 0 Å². The van der Waals surface area contributed by atoms with Crippen LogP contribution in [0.25, 0.3) is 0 Å². The van der Waals surface area contributed by atoms with Crippen LogP contribution < -0.4 is 4.90 Å². The molecule has 1 aliphatic carbocycles. The highest BCUT2D eigenvalue weighted by atomic mass is 15.2.